The van der Waals surface area contributed by atoms with E-state index in [1.807, 2.05) is 237 Å². The van der Waals surface area contributed by atoms with Crippen molar-refractivity contribution >= 4 is 21.4 Å². The lowest BCUT2D eigenvalue weighted by Crippen LogP contribution is -2.66. The van der Waals surface area contributed by atoms with Gasteiger partial charge in [0.25, 0.3) is 0 Å². The number of ether oxygens (including phenoxy) is 10. The Morgan fingerprint density at radius 3 is 1.19 bits per heavy atom. The Bertz CT molecular complexity index is 4730. The lowest BCUT2D eigenvalue weighted by atomic mass is 9.78. The van der Waals surface area contributed by atoms with Gasteiger partial charge in [-0.15, -0.1) is 0 Å². The normalized spacial score (nSPS) is 22.3. The van der Waals surface area contributed by atoms with Crippen molar-refractivity contribution < 1.29 is 74.5 Å². The SMILES string of the molecule is O=C1[C@H](CC[C@H](O)c2ccc(F)cc2)[C@@H](c2ccc(-c3ccc(S(=O)(=O)C[C@@H]4OC(COCc5ccccc5)[C@@H](O[C@@H]5OC(COCc6ccccc6)[C@@H](OCc6ccccc6)[C@@H](OCc6ccccc6)C5OCc5ccccc5)[C@@H](OCc5ccccc5)C4OCc4ccccc4)cc3)cc2)N1c1ccc(F)cc1. The highest BCUT2D eigenvalue weighted by Gasteiger charge is 2.55. The van der Waals surface area contributed by atoms with Crippen LogP contribution in [-0.2, 0) is 108 Å². The van der Waals surface area contributed by atoms with E-state index in [-0.39, 0.29) is 76.7 Å². The second-order valence-electron chi connectivity index (χ2n) is 28.0. The Morgan fingerprint density at radius 2 is 0.755 bits per heavy atom. The molecule has 0 bridgehead atoms. The average Bonchev–Trinajstić information content (AvgIpc) is 0.960. The minimum absolute atomic E-state index is 0.0357. The third-order valence-corrected chi connectivity index (χ3v) is 22.1. The van der Waals surface area contributed by atoms with Crippen molar-refractivity contribution in [3.63, 3.8) is 0 Å². The predicted octanol–water partition coefficient (Wildman–Crippen LogP) is 16.9. The van der Waals surface area contributed by atoms with Crippen LogP contribution in [0, 0.1) is 17.6 Å². The molecule has 14 rings (SSSR count). The molecule has 3 aliphatic heterocycles. The number of sulfone groups is 1. The van der Waals surface area contributed by atoms with E-state index in [1.165, 1.54) is 36.4 Å². The van der Waals surface area contributed by atoms with Crippen LogP contribution in [0.3, 0.4) is 0 Å². The number of aliphatic hydroxyl groups excluding tert-OH is 1. The van der Waals surface area contributed by atoms with Crippen molar-refractivity contribution in [2.45, 2.75) is 137 Å². The summed E-state index contributed by atoms with van der Waals surface area (Å²) < 4.78 is 131. The predicted molar refractivity (Wildman–Crippen MR) is 414 cm³/mol. The van der Waals surface area contributed by atoms with Gasteiger partial charge in [-0.1, -0.05) is 261 Å². The van der Waals surface area contributed by atoms with Crippen LogP contribution in [0.15, 0.2) is 314 Å². The number of benzene rings is 11. The van der Waals surface area contributed by atoms with Gasteiger partial charge in [0.1, 0.15) is 66.6 Å². The number of hydrogen-bond acceptors (Lipinski definition) is 14. The fraction of sp³-hybridized carbons (Fsp3) is 0.272. The molecule has 0 radical (unpaired) electrons. The van der Waals surface area contributed by atoms with Crippen LogP contribution in [0.4, 0.5) is 14.5 Å². The van der Waals surface area contributed by atoms with E-state index in [4.69, 9.17) is 47.4 Å². The fourth-order valence-electron chi connectivity index (χ4n) is 14.6. The Labute approximate surface area is 641 Å². The third-order valence-electron chi connectivity index (χ3n) is 20.3. The molecule has 3 saturated heterocycles. The smallest absolute Gasteiger partial charge is 0.233 e. The molecule has 3 fully saturated rings. The number of halogens is 2. The molecule has 1 N–H and O–H groups in total. The minimum atomic E-state index is -4.26. The lowest BCUT2D eigenvalue weighted by molar-refractivity contribution is -0.362. The molecule has 18 heteroatoms. The number of nitrogens with zero attached hydrogens (tertiary/aromatic N) is 1. The highest BCUT2D eigenvalue weighted by molar-refractivity contribution is 7.91. The van der Waals surface area contributed by atoms with E-state index in [0.29, 0.717) is 17.7 Å². The van der Waals surface area contributed by atoms with Gasteiger partial charge in [-0.3, -0.25) is 4.79 Å². The van der Waals surface area contributed by atoms with Crippen LogP contribution >= 0.6 is 0 Å². The average molecular weight is 1500 g/mol. The molecule has 13 atom stereocenters. The second-order valence-corrected chi connectivity index (χ2v) is 30.0. The van der Waals surface area contributed by atoms with Gasteiger partial charge < -0.3 is 57.4 Å². The summed E-state index contributed by atoms with van der Waals surface area (Å²) in [4.78, 5) is 15.7. The van der Waals surface area contributed by atoms with E-state index in [2.05, 4.69) is 0 Å². The summed E-state index contributed by atoms with van der Waals surface area (Å²) in [6.07, 6.45) is -10.9. The van der Waals surface area contributed by atoms with Gasteiger partial charge in [-0.05, 0) is 123 Å². The summed E-state index contributed by atoms with van der Waals surface area (Å²) >= 11 is 0. The highest BCUT2D eigenvalue weighted by Crippen LogP contribution is 2.47. The number of anilines is 1. The van der Waals surface area contributed by atoms with Gasteiger partial charge in [0.2, 0.25) is 5.91 Å². The Balaban J connectivity index is 0.801. The molecule has 0 spiro atoms. The number of hydrogen-bond donors (Lipinski definition) is 1. The second kappa shape index (κ2) is 37.8. The molecule has 566 valence electrons. The molecule has 11 aromatic rings. The van der Waals surface area contributed by atoms with Gasteiger partial charge in [0.05, 0.1) is 88.2 Å². The van der Waals surface area contributed by atoms with Gasteiger partial charge >= 0.3 is 0 Å². The molecule has 15 nitrogen and oxygen atoms in total. The number of β-lactam (4-membered cyclic amide) rings is 1. The maximum Gasteiger partial charge on any atom is 0.233 e. The molecular formula is C92H89F2NO14S. The first-order valence-electron chi connectivity index (χ1n) is 37.4. The summed E-state index contributed by atoms with van der Waals surface area (Å²) in [5.74, 6) is -2.10. The molecule has 0 aromatic heterocycles. The van der Waals surface area contributed by atoms with E-state index in [0.717, 1.165) is 55.6 Å². The molecule has 4 unspecified atom stereocenters. The van der Waals surface area contributed by atoms with Crippen LogP contribution in [0.25, 0.3) is 11.1 Å². The summed E-state index contributed by atoms with van der Waals surface area (Å²) in [7, 11) is -4.26. The summed E-state index contributed by atoms with van der Waals surface area (Å²) in [6.45, 7) is 0.952. The van der Waals surface area contributed by atoms with Crippen molar-refractivity contribution in [2.75, 3.05) is 23.9 Å². The van der Waals surface area contributed by atoms with Crippen LogP contribution in [0.5, 0.6) is 0 Å². The van der Waals surface area contributed by atoms with E-state index >= 15 is 8.42 Å². The summed E-state index contributed by atoms with van der Waals surface area (Å²) in [5.41, 5.74) is 9.61. The zero-order valence-corrected chi connectivity index (χ0v) is 61.6. The highest BCUT2D eigenvalue weighted by atomic mass is 32.2. The zero-order valence-electron chi connectivity index (χ0n) is 60.8. The topological polar surface area (TPSA) is 167 Å². The quantitative estimate of drug-likeness (QED) is 0.0373. The maximum atomic E-state index is 15.6. The number of carbonyl (C=O) groups is 1. The van der Waals surface area contributed by atoms with Gasteiger partial charge in [0.15, 0.2) is 16.1 Å². The molecule has 1 amide bonds. The lowest BCUT2D eigenvalue weighted by Gasteiger charge is -2.50. The van der Waals surface area contributed by atoms with E-state index < -0.39 is 107 Å². The van der Waals surface area contributed by atoms with E-state index in [1.54, 1.807) is 41.3 Å². The number of amides is 1. The summed E-state index contributed by atoms with van der Waals surface area (Å²) in [5, 5.41) is 11.1. The van der Waals surface area contributed by atoms with Gasteiger partial charge in [0, 0.05) is 5.69 Å². The van der Waals surface area contributed by atoms with Crippen LogP contribution in [0.2, 0.25) is 0 Å². The third kappa shape index (κ3) is 20.1. The first-order chi connectivity index (χ1) is 53.9. The Morgan fingerprint density at radius 1 is 0.391 bits per heavy atom. The van der Waals surface area contributed by atoms with Crippen molar-refractivity contribution in [3.8, 4) is 11.1 Å². The molecule has 0 aliphatic carbocycles. The molecule has 0 saturated carbocycles. The van der Waals surface area contributed by atoms with E-state index in [9.17, 15) is 18.7 Å². The first-order valence-corrected chi connectivity index (χ1v) is 39.0. The fourth-order valence-corrected chi connectivity index (χ4v) is 16.0. The Kier molecular flexibility index (Phi) is 26.5. The van der Waals surface area contributed by atoms with Gasteiger partial charge in [-0.25, -0.2) is 17.2 Å². The largest absolute Gasteiger partial charge is 0.388 e. The Hall–Kier alpha value is -9.74. The zero-order chi connectivity index (χ0) is 75.4. The number of aliphatic hydroxyl groups is 1. The first kappa shape index (κ1) is 77.0. The van der Waals surface area contributed by atoms with Gasteiger partial charge in [-0.2, -0.15) is 0 Å². The standard InChI is InChI=1S/C92H89F2NO14S/c93-75-44-40-73(41-45-75)80(96)53-52-79-84(95(91(79)97)77-48-46-76(94)47-49-77)74-38-36-71(37-39-74)72-42-50-78(51-43-72)110(98,99)63-83-86(103-57-67-28-14-4-15-29-67)88(104-58-68-30-16-5-17-31-68)87(82(107-83)62-101-55-65-24-10-2-11-25-65)109-92-90(106-60-70-34-20-7-21-35-70)89(105-59-69-32-18-6-19-33-69)85(102-56-66-26-12-3-13-27-66)81(108-92)61-100-54-64-22-8-1-9-23-64/h1-51,79-90,92,96H,52-63H2/t79-,80+,81?,82?,83+,84-,85-,86?,87-,88+,89-,90?,92+/m1/s1. The van der Waals surface area contributed by atoms with Crippen LogP contribution in [-0.4, -0.2) is 99.6 Å². The number of carbonyl (C=O) groups excluding carboxylic acids is 1. The number of rotatable bonds is 35. The van der Waals surface area contributed by atoms with Crippen molar-refractivity contribution in [1.82, 2.24) is 0 Å². The van der Waals surface area contributed by atoms with Crippen LogP contribution < -0.4 is 4.90 Å². The molecule has 3 aliphatic rings. The molecule has 11 aromatic carbocycles. The molecule has 110 heavy (non-hydrogen) atoms. The molecular weight excluding hydrogens is 1410 g/mol. The van der Waals surface area contributed by atoms with Crippen molar-refractivity contribution in [2.24, 2.45) is 5.92 Å². The van der Waals surface area contributed by atoms with Crippen molar-refractivity contribution in [1.29, 1.82) is 0 Å². The van der Waals surface area contributed by atoms with Crippen molar-refractivity contribution in [3.05, 3.63) is 371 Å². The maximum absolute atomic E-state index is 15.6. The van der Waals surface area contributed by atoms with Crippen LogP contribution in [0.1, 0.15) is 75.1 Å². The molecule has 3 heterocycles. The monoisotopic (exact) mass is 1500 g/mol. The summed E-state index contributed by atoms with van der Waals surface area (Å²) in [6, 6.07) is 93.9. The minimum Gasteiger partial charge on any atom is -0.388 e.